The SMILES string of the molecule is CCCCCCCCCCCCCCCCCCCC(=O)OC1(CO)OC(=O)C(CO)OC1=O. The van der Waals surface area contributed by atoms with Gasteiger partial charge in [0.1, 0.15) is 6.61 Å². The molecule has 8 nitrogen and oxygen atoms in total. The molecule has 0 aromatic carbocycles. The van der Waals surface area contributed by atoms with Crippen molar-refractivity contribution >= 4 is 17.9 Å². The number of cyclic esters (lactones) is 2. The average Bonchev–Trinajstić information content (AvgIpc) is 2.83. The number of esters is 3. The third-order valence-corrected chi connectivity index (χ3v) is 6.23. The molecular formula is C26H46O8. The monoisotopic (exact) mass is 486 g/mol. The van der Waals surface area contributed by atoms with E-state index in [1.807, 2.05) is 0 Å². The zero-order chi connectivity index (χ0) is 25.1. The van der Waals surface area contributed by atoms with Crippen molar-refractivity contribution in [3.8, 4) is 0 Å². The second-order valence-corrected chi connectivity index (χ2v) is 9.29. The molecule has 1 aliphatic rings. The predicted molar refractivity (Wildman–Crippen MR) is 128 cm³/mol. The standard InChI is InChI=1S/C26H46O8/c1-2-3-4-5-6-7-8-9-10-11-12-13-14-15-16-17-18-19-23(29)33-26(21-28)25(31)32-22(20-27)24(30)34-26/h22,27-28H,2-21H2,1H3. The van der Waals surface area contributed by atoms with Crippen LogP contribution in [0.5, 0.6) is 0 Å². The summed E-state index contributed by atoms with van der Waals surface area (Å²) in [5.74, 6) is -5.50. The molecule has 1 rings (SSSR count). The Bertz CT molecular complexity index is 579. The van der Waals surface area contributed by atoms with Gasteiger partial charge in [-0.1, -0.05) is 110 Å². The van der Waals surface area contributed by atoms with E-state index in [-0.39, 0.29) is 6.42 Å². The smallest absolute Gasteiger partial charge is 0.396 e. The number of aliphatic hydroxyl groups excluding tert-OH is 2. The van der Waals surface area contributed by atoms with Crippen molar-refractivity contribution in [2.75, 3.05) is 13.2 Å². The van der Waals surface area contributed by atoms with Gasteiger partial charge in [0.05, 0.1) is 6.61 Å². The minimum absolute atomic E-state index is 0.0502. The number of hydrogen-bond acceptors (Lipinski definition) is 8. The van der Waals surface area contributed by atoms with E-state index in [2.05, 4.69) is 6.92 Å². The summed E-state index contributed by atoms with van der Waals surface area (Å²) in [5.41, 5.74) is 0. The number of aliphatic hydroxyl groups is 2. The molecule has 1 heterocycles. The summed E-state index contributed by atoms with van der Waals surface area (Å²) >= 11 is 0. The van der Waals surface area contributed by atoms with E-state index < -0.39 is 43.0 Å². The van der Waals surface area contributed by atoms with E-state index in [1.165, 1.54) is 83.5 Å². The number of unbranched alkanes of at least 4 members (excludes halogenated alkanes) is 16. The van der Waals surface area contributed by atoms with Crippen LogP contribution >= 0.6 is 0 Å². The quantitative estimate of drug-likeness (QED) is 0.177. The highest BCUT2D eigenvalue weighted by molar-refractivity contribution is 5.91. The van der Waals surface area contributed by atoms with Crippen molar-refractivity contribution in [2.24, 2.45) is 0 Å². The van der Waals surface area contributed by atoms with Crippen LogP contribution in [0.25, 0.3) is 0 Å². The van der Waals surface area contributed by atoms with Gasteiger partial charge in [-0.15, -0.1) is 0 Å². The maximum atomic E-state index is 12.1. The van der Waals surface area contributed by atoms with Crippen LogP contribution in [0, 0.1) is 0 Å². The highest BCUT2D eigenvalue weighted by Gasteiger charge is 2.54. The Labute approximate surface area is 204 Å². The summed E-state index contributed by atoms with van der Waals surface area (Å²) in [6.45, 7) is 0.462. The molecule has 1 saturated heterocycles. The van der Waals surface area contributed by atoms with E-state index in [4.69, 9.17) is 19.3 Å². The molecule has 34 heavy (non-hydrogen) atoms. The molecule has 198 valence electrons. The van der Waals surface area contributed by atoms with Gasteiger partial charge in [0, 0.05) is 6.42 Å². The van der Waals surface area contributed by atoms with Crippen LogP contribution in [0.4, 0.5) is 0 Å². The Morgan fingerprint density at radius 3 is 1.65 bits per heavy atom. The summed E-state index contributed by atoms with van der Waals surface area (Å²) in [7, 11) is 0. The van der Waals surface area contributed by atoms with E-state index in [1.54, 1.807) is 0 Å². The van der Waals surface area contributed by atoms with E-state index in [9.17, 15) is 19.5 Å². The highest BCUT2D eigenvalue weighted by Crippen LogP contribution is 2.24. The lowest BCUT2D eigenvalue weighted by Gasteiger charge is -2.34. The van der Waals surface area contributed by atoms with Crippen LogP contribution in [0.2, 0.25) is 0 Å². The van der Waals surface area contributed by atoms with Crippen molar-refractivity contribution in [2.45, 2.75) is 134 Å². The number of ether oxygens (including phenoxy) is 3. The molecule has 2 unspecified atom stereocenters. The molecule has 0 aromatic rings. The second kappa shape index (κ2) is 18.6. The molecular weight excluding hydrogens is 440 g/mol. The maximum absolute atomic E-state index is 12.1. The van der Waals surface area contributed by atoms with Crippen molar-refractivity contribution in [1.82, 2.24) is 0 Å². The molecule has 2 atom stereocenters. The molecule has 1 fully saturated rings. The fourth-order valence-electron chi connectivity index (χ4n) is 4.07. The van der Waals surface area contributed by atoms with Gasteiger partial charge in [0.25, 0.3) is 0 Å². The Morgan fingerprint density at radius 2 is 1.24 bits per heavy atom. The van der Waals surface area contributed by atoms with Gasteiger partial charge in [-0.2, -0.15) is 0 Å². The van der Waals surface area contributed by atoms with Crippen molar-refractivity contribution in [3.63, 3.8) is 0 Å². The van der Waals surface area contributed by atoms with Gasteiger partial charge in [-0.05, 0) is 6.42 Å². The Balaban J connectivity index is 1.98. The third kappa shape index (κ3) is 12.2. The van der Waals surface area contributed by atoms with Gasteiger partial charge in [0.2, 0.25) is 6.10 Å². The molecule has 0 aliphatic carbocycles. The summed E-state index contributed by atoms with van der Waals surface area (Å²) in [6.07, 6.45) is 19.6. The molecule has 0 radical (unpaired) electrons. The normalized spacial score (nSPS) is 20.1. The van der Waals surface area contributed by atoms with Gasteiger partial charge in [0.15, 0.2) is 0 Å². The average molecular weight is 487 g/mol. The fourth-order valence-corrected chi connectivity index (χ4v) is 4.07. The molecule has 8 heteroatoms. The largest absolute Gasteiger partial charge is 0.442 e. The second-order valence-electron chi connectivity index (χ2n) is 9.29. The number of carbonyl (C=O) groups is 3. The first-order valence-corrected chi connectivity index (χ1v) is 13.4. The first-order chi connectivity index (χ1) is 16.5. The van der Waals surface area contributed by atoms with Gasteiger partial charge < -0.3 is 24.4 Å². The van der Waals surface area contributed by atoms with E-state index in [0.29, 0.717) is 6.42 Å². The minimum atomic E-state index is -2.48. The summed E-state index contributed by atoms with van der Waals surface area (Å²) in [4.78, 5) is 35.7. The van der Waals surface area contributed by atoms with Crippen LogP contribution < -0.4 is 0 Å². The van der Waals surface area contributed by atoms with Crippen LogP contribution in [-0.2, 0) is 28.6 Å². The maximum Gasteiger partial charge on any atom is 0.396 e. The van der Waals surface area contributed by atoms with Crippen LogP contribution in [0.15, 0.2) is 0 Å². The number of hydrogen-bond donors (Lipinski definition) is 2. The fraction of sp³-hybridized carbons (Fsp3) is 0.885. The zero-order valence-corrected chi connectivity index (χ0v) is 21.1. The molecule has 0 spiro atoms. The molecule has 2 N–H and O–H groups in total. The van der Waals surface area contributed by atoms with Gasteiger partial charge in [-0.3, -0.25) is 4.79 Å². The summed E-state index contributed by atoms with van der Waals surface area (Å²) < 4.78 is 14.4. The third-order valence-electron chi connectivity index (χ3n) is 6.23. The molecule has 0 saturated carbocycles. The highest BCUT2D eigenvalue weighted by atomic mass is 16.8. The van der Waals surface area contributed by atoms with E-state index >= 15 is 0 Å². The van der Waals surface area contributed by atoms with Crippen LogP contribution in [0.1, 0.15) is 122 Å². The van der Waals surface area contributed by atoms with Crippen LogP contribution in [0.3, 0.4) is 0 Å². The summed E-state index contributed by atoms with van der Waals surface area (Å²) in [6, 6.07) is 0. The summed E-state index contributed by atoms with van der Waals surface area (Å²) in [5, 5.41) is 18.4. The lowest BCUT2D eigenvalue weighted by Crippen LogP contribution is -2.59. The molecule has 0 amide bonds. The van der Waals surface area contributed by atoms with Gasteiger partial charge >= 0.3 is 23.7 Å². The molecule has 0 aromatic heterocycles. The van der Waals surface area contributed by atoms with Crippen molar-refractivity contribution in [3.05, 3.63) is 0 Å². The molecule has 0 bridgehead atoms. The Morgan fingerprint density at radius 1 is 0.794 bits per heavy atom. The minimum Gasteiger partial charge on any atom is -0.442 e. The Hall–Kier alpha value is -1.67. The Kier molecular flexibility index (Phi) is 16.6. The van der Waals surface area contributed by atoms with E-state index in [0.717, 1.165) is 19.3 Å². The lowest BCUT2D eigenvalue weighted by atomic mass is 10.0. The van der Waals surface area contributed by atoms with Crippen molar-refractivity contribution in [1.29, 1.82) is 0 Å². The number of carbonyl (C=O) groups excluding carboxylic acids is 3. The topological polar surface area (TPSA) is 119 Å². The lowest BCUT2D eigenvalue weighted by molar-refractivity contribution is -0.271. The predicted octanol–water partition coefficient (Wildman–Crippen LogP) is 4.72. The number of rotatable bonds is 21. The first kappa shape index (κ1) is 30.4. The molecule has 1 aliphatic heterocycles. The van der Waals surface area contributed by atoms with Gasteiger partial charge in [-0.25, -0.2) is 9.59 Å². The van der Waals surface area contributed by atoms with Crippen molar-refractivity contribution < 1.29 is 38.8 Å². The zero-order valence-electron chi connectivity index (χ0n) is 21.1. The first-order valence-electron chi connectivity index (χ1n) is 13.4. The van der Waals surface area contributed by atoms with Crippen LogP contribution in [-0.4, -0.2) is 53.2 Å².